The van der Waals surface area contributed by atoms with E-state index in [1.807, 2.05) is 6.92 Å². The summed E-state index contributed by atoms with van der Waals surface area (Å²) in [6, 6.07) is 4.34. The second-order valence-electron chi connectivity index (χ2n) is 6.02. The fourth-order valence-electron chi connectivity index (χ4n) is 2.64. The number of fused-ring (bicyclic) bond motifs is 1. The maximum atomic E-state index is 13.4. The molecule has 0 aliphatic rings. The van der Waals surface area contributed by atoms with Crippen molar-refractivity contribution in [1.82, 2.24) is 15.6 Å². The first-order chi connectivity index (χ1) is 13.3. The number of furan rings is 1. The van der Waals surface area contributed by atoms with E-state index in [2.05, 4.69) is 20.6 Å². The van der Waals surface area contributed by atoms with E-state index in [1.165, 1.54) is 12.1 Å². The van der Waals surface area contributed by atoms with E-state index in [-0.39, 0.29) is 5.82 Å². The van der Waals surface area contributed by atoms with Crippen molar-refractivity contribution >= 4 is 28.3 Å². The van der Waals surface area contributed by atoms with Crippen LogP contribution in [0.15, 0.2) is 33.0 Å². The lowest BCUT2D eigenvalue weighted by Gasteiger charge is -2.10. The Bertz CT molecular complexity index is 993. The molecule has 0 saturated heterocycles. The first-order valence-electron chi connectivity index (χ1n) is 8.41. The summed E-state index contributed by atoms with van der Waals surface area (Å²) in [5.74, 6) is 0.793. The highest BCUT2D eigenvalue weighted by Crippen LogP contribution is 2.30. The Hall–Kier alpha value is -2.62. The van der Waals surface area contributed by atoms with Gasteiger partial charge >= 0.3 is 6.18 Å². The summed E-state index contributed by atoms with van der Waals surface area (Å²) in [6.45, 7) is 2.55. The predicted molar refractivity (Wildman–Crippen MR) is 99.9 cm³/mol. The number of benzene rings is 1. The Morgan fingerprint density at radius 3 is 2.75 bits per heavy atom. The lowest BCUT2D eigenvalue weighted by atomic mass is 10.1. The molecular weight excluding hydrogens is 396 g/mol. The number of aromatic nitrogens is 1. The summed E-state index contributed by atoms with van der Waals surface area (Å²) in [5.41, 5.74) is 0.564. The molecule has 2 heterocycles. The van der Waals surface area contributed by atoms with Crippen LogP contribution in [0.3, 0.4) is 0 Å². The van der Waals surface area contributed by atoms with Gasteiger partial charge in [-0.3, -0.25) is 4.99 Å². The number of rotatable bonds is 5. The molecule has 150 valence electrons. The number of nitrogens with one attached hydrogen (secondary N) is 2. The average Bonchev–Trinajstić information content (AvgIpc) is 3.23. The average molecular weight is 414 g/mol. The lowest BCUT2D eigenvalue weighted by molar-refractivity contribution is -0.140. The van der Waals surface area contributed by atoms with Crippen LogP contribution in [-0.4, -0.2) is 24.5 Å². The summed E-state index contributed by atoms with van der Waals surface area (Å²) >= 11 is 0.974. The van der Waals surface area contributed by atoms with Gasteiger partial charge in [-0.2, -0.15) is 13.2 Å². The zero-order valence-corrected chi connectivity index (χ0v) is 16.0. The summed E-state index contributed by atoms with van der Waals surface area (Å²) in [5, 5.41) is 8.21. The van der Waals surface area contributed by atoms with Crippen LogP contribution in [0.2, 0.25) is 0 Å². The molecule has 3 rings (SSSR count). The number of hydrogen-bond donors (Lipinski definition) is 2. The molecule has 0 amide bonds. The fourth-order valence-corrected chi connectivity index (χ4v) is 3.45. The van der Waals surface area contributed by atoms with E-state index in [9.17, 15) is 17.6 Å². The third-order valence-corrected chi connectivity index (χ3v) is 5.02. The van der Waals surface area contributed by atoms with Crippen molar-refractivity contribution in [3.8, 4) is 0 Å². The summed E-state index contributed by atoms with van der Waals surface area (Å²) in [4.78, 5) is 7.66. The van der Waals surface area contributed by atoms with Crippen LogP contribution < -0.4 is 10.6 Å². The van der Waals surface area contributed by atoms with E-state index >= 15 is 0 Å². The van der Waals surface area contributed by atoms with Gasteiger partial charge in [0.25, 0.3) is 0 Å². The van der Waals surface area contributed by atoms with Crippen LogP contribution >= 0.6 is 11.3 Å². The highest BCUT2D eigenvalue weighted by Gasteiger charge is 2.33. The number of hydrogen-bond acceptors (Lipinski definition) is 4. The molecule has 28 heavy (non-hydrogen) atoms. The third-order valence-electron chi connectivity index (χ3n) is 4.11. The molecule has 0 fully saturated rings. The largest absolute Gasteiger partial charge is 0.459 e. The van der Waals surface area contributed by atoms with Crippen LogP contribution in [0.25, 0.3) is 11.0 Å². The van der Waals surface area contributed by atoms with Crippen LogP contribution in [-0.2, 0) is 19.1 Å². The zero-order chi connectivity index (χ0) is 20.3. The van der Waals surface area contributed by atoms with Crippen LogP contribution in [0, 0.1) is 12.7 Å². The molecule has 5 nitrogen and oxygen atoms in total. The smallest absolute Gasteiger partial charge is 0.434 e. The van der Waals surface area contributed by atoms with Gasteiger partial charge in [-0.05, 0) is 25.1 Å². The molecule has 10 heteroatoms. The van der Waals surface area contributed by atoms with Crippen molar-refractivity contribution in [3.63, 3.8) is 0 Å². The van der Waals surface area contributed by atoms with Crippen LogP contribution in [0.4, 0.5) is 17.6 Å². The molecule has 0 spiro atoms. The number of thiazole rings is 1. The number of alkyl halides is 3. The molecule has 0 saturated carbocycles. The van der Waals surface area contributed by atoms with Crippen molar-refractivity contribution < 1.29 is 22.0 Å². The number of aliphatic imine (C=N–C) groups is 1. The van der Waals surface area contributed by atoms with Gasteiger partial charge in [0.2, 0.25) is 0 Å². The first kappa shape index (κ1) is 20.1. The van der Waals surface area contributed by atoms with E-state index in [4.69, 9.17) is 4.42 Å². The van der Waals surface area contributed by atoms with Gasteiger partial charge in [0.1, 0.15) is 17.2 Å². The molecule has 1 aromatic carbocycles. The van der Waals surface area contributed by atoms with E-state index < -0.39 is 11.9 Å². The maximum absolute atomic E-state index is 13.4. The molecule has 0 radical (unpaired) electrons. The van der Waals surface area contributed by atoms with Gasteiger partial charge in [-0.15, -0.1) is 11.3 Å². The Kier molecular flexibility index (Phi) is 5.87. The summed E-state index contributed by atoms with van der Waals surface area (Å²) < 4.78 is 56.8. The molecular formula is C18H18F4N4OS. The second-order valence-corrected chi connectivity index (χ2v) is 6.96. The van der Waals surface area contributed by atoms with Gasteiger partial charge in [-0.1, -0.05) is 0 Å². The summed E-state index contributed by atoms with van der Waals surface area (Å²) in [7, 11) is 1.58. The van der Waals surface area contributed by atoms with Crippen molar-refractivity contribution in [2.75, 3.05) is 13.6 Å². The van der Waals surface area contributed by atoms with Crippen LogP contribution in [0.1, 0.15) is 22.0 Å². The first-order valence-corrected chi connectivity index (χ1v) is 9.29. The van der Waals surface area contributed by atoms with E-state index in [0.29, 0.717) is 47.2 Å². The van der Waals surface area contributed by atoms with Crippen LogP contribution in [0.5, 0.6) is 0 Å². The SMILES string of the molecule is CN=C(NCCc1nc(C(F)(F)F)cs1)NCc1oc2ccc(F)cc2c1C. The summed E-state index contributed by atoms with van der Waals surface area (Å²) in [6.07, 6.45) is -4.09. The highest BCUT2D eigenvalue weighted by atomic mass is 32.1. The second kappa shape index (κ2) is 8.17. The normalized spacial score (nSPS) is 12.6. The minimum Gasteiger partial charge on any atom is -0.459 e. The molecule has 2 aromatic heterocycles. The van der Waals surface area contributed by atoms with Gasteiger partial charge in [-0.25, -0.2) is 9.37 Å². The van der Waals surface area contributed by atoms with E-state index in [0.717, 1.165) is 22.3 Å². The van der Waals surface area contributed by atoms with Gasteiger partial charge < -0.3 is 15.1 Å². The number of nitrogens with zero attached hydrogens (tertiary/aromatic N) is 2. The predicted octanol–water partition coefficient (Wildman–Crippen LogP) is 4.26. The Balaban J connectivity index is 1.54. The fraction of sp³-hybridized carbons (Fsp3) is 0.333. The quantitative estimate of drug-likeness (QED) is 0.372. The standard InChI is InChI=1S/C18H18F4N4OS/c1-10-12-7-11(19)3-4-13(12)27-14(10)8-25-17(23-2)24-6-5-16-26-15(9-28-16)18(20,21)22/h3-4,7,9H,5-6,8H2,1-2H3,(H2,23,24,25). The molecule has 0 aliphatic carbocycles. The minimum absolute atomic E-state index is 0.329. The monoisotopic (exact) mass is 414 g/mol. The molecule has 3 aromatic rings. The Morgan fingerprint density at radius 2 is 2.07 bits per heavy atom. The maximum Gasteiger partial charge on any atom is 0.434 e. The zero-order valence-electron chi connectivity index (χ0n) is 15.2. The molecule has 0 aliphatic heterocycles. The van der Waals surface area contributed by atoms with Gasteiger partial charge in [0.05, 0.1) is 11.6 Å². The lowest BCUT2D eigenvalue weighted by Crippen LogP contribution is -2.37. The van der Waals surface area contributed by atoms with Crippen molar-refractivity contribution in [1.29, 1.82) is 0 Å². The van der Waals surface area contributed by atoms with Crippen molar-refractivity contribution in [2.24, 2.45) is 4.99 Å². The Morgan fingerprint density at radius 1 is 1.29 bits per heavy atom. The number of guanidine groups is 1. The Labute approximate surface area is 162 Å². The van der Waals surface area contributed by atoms with Gasteiger partial charge in [0.15, 0.2) is 11.7 Å². The topological polar surface area (TPSA) is 62.5 Å². The van der Waals surface area contributed by atoms with Crippen molar-refractivity contribution in [2.45, 2.75) is 26.1 Å². The minimum atomic E-state index is -4.42. The van der Waals surface area contributed by atoms with Gasteiger partial charge in [0, 0.05) is 36.3 Å². The molecule has 0 atom stereocenters. The molecule has 0 bridgehead atoms. The van der Waals surface area contributed by atoms with E-state index in [1.54, 1.807) is 13.1 Å². The third kappa shape index (κ3) is 4.61. The van der Waals surface area contributed by atoms with Crippen molar-refractivity contribution in [3.05, 3.63) is 51.4 Å². The molecule has 0 unspecified atom stereocenters. The number of halogens is 4. The highest BCUT2D eigenvalue weighted by molar-refractivity contribution is 7.09. The number of aryl methyl sites for hydroxylation is 1. The molecule has 2 N–H and O–H groups in total.